The highest BCUT2D eigenvalue weighted by Gasteiger charge is 2.51. The lowest BCUT2D eigenvalue weighted by molar-refractivity contribution is -0.129. The quantitative estimate of drug-likeness (QED) is 0.426. The van der Waals surface area contributed by atoms with Crippen molar-refractivity contribution in [2.45, 2.75) is 64.4 Å². The minimum absolute atomic E-state index is 0.0260. The van der Waals surface area contributed by atoms with E-state index < -0.39 is 6.10 Å². The summed E-state index contributed by atoms with van der Waals surface area (Å²) in [6, 6.07) is 12.0. The molecule has 4 saturated carbocycles. The summed E-state index contributed by atoms with van der Waals surface area (Å²) < 4.78 is 0. The number of aliphatic hydroxyl groups excluding tert-OH is 1. The number of nitrogens with one attached hydrogen (secondary N) is 2. The summed E-state index contributed by atoms with van der Waals surface area (Å²) in [6.07, 6.45) is 8.94. The normalized spacial score (nSPS) is 27.1. The van der Waals surface area contributed by atoms with Crippen LogP contribution in [0.4, 0.5) is 5.69 Å². The zero-order valence-corrected chi connectivity index (χ0v) is 21.8. The lowest BCUT2D eigenvalue weighted by Gasteiger charge is -2.56. The molecule has 2 amide bonds. The van der Waals surface area contributed by atoms with Gasteiger partial charge in [-0.15, -0.1) is 0 Å². The van der Waals surface area contributed by atoms with E-state index in [0.29, 0.717) is 19.5 Å². The van der Waals surface area contributed by atoms with E-state index in [1.165, 1.54) is 38.5 Å². The summed E-state index contributed by atoms with van der Waals surface area (Å²) in [5.74, 6) is 2.78. The third-order valence-electron chi connectivity index (χ3n) is 8.85. The molecule has 194 valence electrons. The Labute approximate surface area is 214 Å². The Balaban J connectivity index is 1.01. The fourth-order valence-electron chi connectivity index (χ4n) is 7.57. The van der Waals surface area contributed by atoms with Crippen LogP contribution in [0.5, 0.6) is 0 Å². The van der Waals surface area contributed by atoms with Gasteiger partial charge in [0.05, 0.1) is 12.6 Å². The molecule has 1 unspecified atom stereocenters. The molecule has 0 heterocycles. The number of likely N-dealkylation sites (N-methyl/N-ethyl adjacent to an activating group) is 1. The van der Waals surface area contributed by atoms with Crippen molar-refractivity contribution in [2.75, 3.05) is 31.6 Å². The molecule has 3 N–H and O–H groups in total. The van der Waals surface area contributed by atoms with Crippen LogP contribution >= 0.6 is 0 Å². The highest BCUT2D eigenvalue weighted by atomic mass is 16.3. The van der Waals surface area contributed by atoms with Gasteiger partial charge in [-0.3, -0.25) is 9.59 Å². The first-order valence-corrected chi connectivity index (χ1v) is 13.7. The molecule has 6 heteroatoms. The van der Waals surface area contributed by atoms with Gasteiger partial charge in [0, 0.05) is 32.2 Å². The van der Waals surface area contributed by atoms with Crippen LogP contribution in [0.2, 0.25) is 0 Å². The molecule has 0 saturated heterocycles. The van der Waals surface area contributed by atoms with Crippen LogP contribution < -0.4 is 15.5 Å². The summed E-state index contributed by atoms with van der Waals surface area (Å²) in [7, 11) is 1.91. The molecule has 4 aliphatic carbocycles. The fraction of sp³-hybridized carbons (Fsp3) is 0.600. The number of benzene rings is 2. The molecule has 4 aliphatic rings. The zero-order valence-electron chi connectivity index (χ0n) is 21.8. The van der Waals surface area contributed by atoms with Crippen molar-refractivity contribution in [1.82, 2.24) is 10.6 Å². The number of hydrogen-bond acceptors (Lipinski definition) is 4. The van der Waals surface area contributed by atoms with E-state index in [4.69, 9.17) is 0 Å². The monoisotopic (exact) mass is 491 g/mol. The van der Waals surface area contributed by atoms with E-state index in [1.54, 1.807) is 6.92 Å². The van der Waals surface area contributed by atoms with Gasteiger partial charge in [0.2, 0.25) is 11.8 Å². The standard InChI is InChI=1S/C30H41N3O3/c1-20(34)24-4-5-26-14-27(7-6-25(26)13-24)33(2)19-29(36)32-9-3-8-31-28(35)18-30-15-21-10-22(16-30)12-23(11-21)17-30/h4-7,13-14,20-23,34H,3,8-12,15-19H2,1-2H3,(H,31,35)(H,32,36). The van der Waals surface area contributed by atoms with Crippen molar-refractivity contribution in [1.29, 1.82) is 0 Å². The van der Waals surface area contributed by atoms with Gasteiger partial charge in [-0.25, -0.2) is 0 Å². The highest BCUT2D eigenvalue weighted by Crippen LogP contribution is 2.61. The predicted octanol–water partition coefficient (Wildman–Crippen LogP) is 4.56. The average Bonchev–Trinajstić information content (AvgIpc) is 2.81. The number of anilines is 1. The van der Waals surface area contributed by atoms with Crippen LogP contribution in [-0.2, 0) is 9.59 Å². The van der Waals surface area contributed by atoms with Crippen LogP contribution in [0.1, 0.15) is 70.0 Å². The van der Waals surface area contributed by atoms with Crippen LogP contribution in [0.25, 0.3) is 10.8 Å². The second-order valence-electron chi connectivity index (χ2n) is 12.0. The summed E-state index contributed by atoms with van der Waals surface area (Å²) in [6.45, 7) is 3.21. The van der Waals surface area contributed by atoms with Gasteiger partial charge in [0.15, 0.2) is 0 Å². The SMILES string of the molecule is CC(O)c1ccc2cc(N(C)CC(=O)NCCCNC(=O)CC34CC5CC(CC(C5)C3)C4)ccc2c1. The first-order valence-electron chi connectivity index (χ1n) is 13.7. The van der Waals surface area contributed by atoms with Crippen LogP contribution in [-0.4, -0.2) is 43.6 Å². The number of rotatable bonds is 10. The van der Waals surface area contributed by atoms with Crippen molar-refractivity contribution in [3.8, 4) is 0 Å². The Bertz CT molecular complexity index is 1080. The summed E-state index contributed by atoms with van der Waals surface area (Å²) >= 11 is 0. The molecule has 1 atom stereocenters. The molecule has 4 fully saturated rings. The van der Waals surface area contributed by atoms with Crippen molar-refractivity contribution in [3.05, 3.63) is 42.0 Å². The molecular formula is C30H41N3O3. The number of carbonyl (C=O) groups excluding carboxylic acids is 2. The second kappa shape index (κ2) is 10.4. The predicted molar refractivity (Wildman–Crippen MR) is 144 cm³/mol. The smallest absolute Gasteiger partial charge is 0.239 e. The number of hydrogen-bond donors (Lipinski definition) is 3. The number of carbonyl (C=O) groups is 2. The van der Waals surface area contributed by atoms with E-state index >= 15 is 0 Å². The molecule has 2 aromatic carbocycles. The Hall–Kier alpha value is -2.60. The first kappa shape index (κ1) is 25.1. The van der Waals surface area contributed by atoms with Gasteiger partial charge >= 0.3 is 0 Å². The van der Waals surface area contributed by atoms with Crippen molar-refractivity contribution in [2.24, 2.45) is 23.2 Å². The molecule has 6 nitrogen and oxygen atoms in total. The highest BCUT2D eigenvalue weighted by molar-refractivity contribution is 5.88. The third kappa shape index (κ3) is 5.69. The minimum atomic E-state index is -0.490. The zero-order chi connectivity index (χ0) is 25.3. The molecule has 36 heavy (non-hydrogen) atoms. The molecule has 0 aromatic heterocycles. The number of fused-ring (bicyclic) bond motifs is 1. The van der Waals surface area contributed by atoms with E-state index in [1.807, 2.05) is 42.3 Å². The number of nitrogens with zero attached hydrogens (tertiary/aromatic N) is 1. The molecule has 6 rings (SSSR count). The second-order valence-corrected chi connectivity index (χ2v) is 12.0. The van der Waals surface area contributed by atoms with E-state index in [-0.39, 0.29) is 23.8 Å². The Morgan fingerprint density at radius 3 is 2.17 bits per heavy atom. The maximum absolute atomic E-state index is 12.7. The Kier molecular flexibility index (Phi) is 7.25. The largest absolute Gasteiger partial charge is 0.389 e. The Morgan fingerprint density at radius 1 is 0.944 bits per heavy atom. The van der Waals surface area contributed by atoms with Gasteiger partial charge in [0.1, 0.15) is 0 Å². The van der Waals surface area contributed by atoms with Gasteiger partial charge in [-0.2, -0.15) is 0 Å². The maximum Gasteiger partial charge on any atom is 0.239 e. The van der Waals surface area contributed by atoms with E-state index in [9.17, 15) is 14.7 Å². The molecule has 0 radical (unpaired) electrons. The van der Waals surface area contributed by atoms with Crippen LogP contribution in [0.3, 0.4) is 0 Å². The average molecular weight is 492 g/mol. The Morgan fingerprint density at radius 2 is 1.53 bits per heavy atom. The summed E-state index contributed by atoms with van der Waals surface area (Å²) in [4.78, 5) is 27.0. The van der Waals surface area contributed by atoms with Crippen LogP contribution in [0.15, 0.2) is 36.4 Å². The third-order valence-corrected chi connectivity index (χ3v) is 8.85. The van der Waals surface area contributed by atoms with E-state index in [0.717, 1.165) is 46.2 Å². The first-order chi connectivity index (χ1) is 17.3. The van der Waals surface area contributed by atoms with Gasteiger partial charge in [-0.05, 0) is 110 Å². The summed E-state index contributed by atoms with van der Waals surface area (Å²) in [5, 5.41) is 18.0. The lowest BCUT2D eigenvalue weighted by Crippen LogP contribution is -2.48. The molecular weight excluding hydrogens is 450 g/mol. The number of amides is 2. The van der Waals surface area contributed by atoms with Crippen molar-refractivity contribution < 1.29 is 14.7 Å². The molecule has 0 aliphatic heterocycles. The van der Waals surface area contributed by atoms with Gasteiger partial charge < -0.3 is 20.6 Å². The fourth-order valence-corrected chi connectivity index (χ4v) is 7.57. The summed E-state index contributed by atoms with van der Waals surface area (Å²) in [5.41, 5.74) is 2.14. The lowest BCUT2D eigenvalue weighted by atomic mass is 9.49. The number of aliphatic hydroxyl groups is 1. The van der Waals surface area contributed by atoms with Crippen LogP contribution in [0, 0.1) is 23.2 Å². The molecule has 4 bridgehead atoms. The van der Waals surface area contributed by atoms with Gasteiger partial charge in [0.25, 0.3) is 0 Å². The topological polar surface area (TPSA) is 81.7 Å². The molecule has 2 aromatic rings. The molecule has 0 spiro atoms. The maximum atomic E-state index is 12.7. The van der Waals surface area contributed by atoms with Crippen molar-refractivity contribution in [3.63, 3.8) is 0 Å². The van der Waals surface area contributed by atoms with Crippen molar-refractivity contribution >= 4 is 28.3 Å². The minimum Gasteiger partial charge on any atom is -0.389 e. The van der Waals surface area contributed by atoms with E-state index in [2.05, 4.69) is 16.7 Å². The van der Waals surface area contributed by atoms with Gasteiger partial charge in [-0.1, -0.05) is 18.2 Å².